The molecular weight excluding hydrogens is 386 g/mol. The number of carbonyl (C=O) groups excluding carboxylic acids is 3. The molecule has 3 amide bonds. The van der Waals surface area contributed by atoms with Crippen molar-refractivity contribution in [3.8, 4) is 0 Å². The van der Waals surface area contributed by atoms with Gasteiger partial charge in [0.1, 0.15) is 11.6 Å². The van der Waals surface area contributed by atoms with E-state index in [4.69, 9.17) is 4.74 Å². The van der Waals surface area contributed by atoms with Crippen LogP contribution in [0.4, 0.5) is 0 Å². The van der Waals surface area contributed by atoms with Gasteiger partial charge in [-0.1, -0.05) is 20.8 Å². The summed E-state index contributed by atoms with van der Waals surface area (Å²) in [4.78, 5) is 41.7. The third kappa shape index (κ3) is 3.23. The Morgan fingerprint density at radius 1 is 1.23 bits per heavy atom. The van der Waals surface area contributed by atoms with Crippen molar-refractivity contribution in [3.63, 3.8) is 0 Å². The lowest BCUT2D eigenvalue weighted by Gasteiger charge is -2.38. The van der Waals surface area contributed by atoms with Gasteiger partial charge in [0.05, 0.1) is 30.1 Å². The smallest absolute Gasteiger partial charge is 0.246 e. The van der Waals surface area contributed by atoms with Crippen LogP contribution < -0.4 is 10.6 Å². The van der Waals surface area contributed by atoms with E-state index in [0.29, 0.717) is 25.7 Å². The second-order valence-electron chi connectivity index (χ2n) is 9.82. The average Bonchev–Trinajstić information content (AvgIpc) is 3.28. The molecule has 0 aliphatic carbocycles. The Morgan fingerprint density at radius 2 is 1.90 bits per heavy atom. The minimum atomic E-state index is -1.03. The van der Waals surface area contributed by atoms with E-state index in [-0.39, 0.29) is 36.3 Å². The molecular formula is C22H37N3O5. The molecule has 170 valence electrons. The molecule has 30 heavy (non-hydrogen) atoms. The highest BCUT2D eigenvalue weighted by Gasteiger charge is 2.79. The first-order valence-electron chi connectivity index (χ1n) is 11.2. The minimum absolute atomic E-state index is 0.101. The number of aliphatic hydroxyl groups is 1. The molecule has 8 heteroatoms. The lowest BCUT2D eigenvalue weighted by atomic mass is 9.65. The summed E-state index contributed by atoms with van der Waals surface area (Å²) >= 11 is 0. The van der Waals surface area contributed by atoms with Crippen LogP contribution in [0.3, 0.4) is 0 Å². The van der Waals surface area contributed by atoms with Crippen molar-refractivity contribution in [1.82, 2.24) is 15.5 Å². The number of hydrogen-bond donors (Lipinski definition) is 3. The average molecular weight is 424 g/mol. The van der Waals surface area contributed by atoms with Crippen molar-refractivity contribution in [2.75, 3.05) is 13.7 Å². The summed E-state index contributed by atoms with van der Waals surface area (Å²) in [6.07, 6.45) is 2.36. The quantitative estimate of drug-likeness (QED) is 0.536. The molecule has 3 saturated heterocycles. The zero-order valence-corrected chi connectivity index (χ0v) is 19.0. The van der Waals surface area contributed by atoms with E-state index in [9.17, 15) is 19.5 Å². The number of ether oxygens (including phenoxy) is 1. The summed E-state index contributed by atoms with van der Waals surface area (Å²) in [6.45, 7) is 9.53. The fourth-order valence-electron chi connectivity index (χ4n) is 6.09. The van der Waals surface area contributed by atoms with E-state index in [1.54, 1.807) is 11.9 Å². The first kappa shape index (κ1) is 23.0. The molecule has 3 fully saturated rings. The molecule has 0 aromatic heterocycles. The number of nitrogens with zero attached hydrogens (tertiary/aromatic N) is 1. The molecule has 0 aromatic carbocycles. The summed E-state index contributed by atoms with van der Waals surface area (Å²) < 4.78 is 6.61. The Kier molecular flexibility index (Phi) is 6.22. The number of hydrogen-bond acceptors (Lipinski definition) is 5. The van der Waals surface area contributed by atoms with Crippen LogP contribution >= 0.6 is 0 Å². The molecule has 3 aliphatic heterocycles. The molecule has 1 spiro atoms. The summed E-state index contributed by atoms with van der Waals surface area (Å²) in [6, 6.07) is -1.45. The number of rotatable bonds is 8. The number of carbonyl (C=O) groups is 3. The van der Waals surface area contributed by atoms with Crippen LogP contribution in [0.1, 0.15) is 60.3 Å². The fourth-order valence-corrected chi connectivity index (χ4v) is 6.09. The highest BCUT2D eigenvalue weighted by Crippen LogP contribution is 2.64. The molecule has 2 unspecified atom stereocenters. The summed E-state index contributed by atoms with van der Waals surface area (Å²) in [7, 11) is 1.57. The molecule has 0 aromatic rings. The van der Waals surface area contributed by atoms with E-state index in [0.717, 1.165) is 0 Å². The maximum atomic E-state index is 13.8. The van der Waals surface area contributed by atoms with Crippen molar-refractivity contribution in [3.05, 3.63) is 0 Å². The number of aliphatic hydroxyl groups excluding tert-OH is 1. The molecule has 3 heterocycles. The van der Waals surface area contributed by atoms with Crippen LogP contribution in [0.25, 0.3) is 0 Å². The maximum absolute atomic E-state index is 13.8. The number of nitrogens with one attached hydrogen (secondary N) is 2. The highest BCUT2D eigenvalue weighted by atomic mass is 16.5. The first-order valence-corrected chi connectivity index (χ1v) is 11.2. The first-order chi connectivity index (χ1) is 14.1. The SMILES string of the molecule is CC[C@@]12CCC3(O1)C(C(=O)NC(C)C)N([C@@H](CO)CC(C)C)C(=O)[C@@H]3[C@@H]2C(=O)NC. The van der Waals surface area contributed by atoms with E-state index < -0.39 is 35.1 Å². The number of likely N-dealkylation sites (tertiary alicyclic amines) is 1. The third-order valence-electron chi connectivity index (χ3n) is 7.17. The molecule has 8 nitrogen and oxygen atoms in total. The van der Waals surface area contributed by atoms with Crippen LogP contribution in [-0.4, -0.2) is 70.7 Å². The summed E-state index contributed by atoms with van der Waals surface area (Å²) in [5.74, 6) is -1.85. The standard InChI is InChI=1S/C22H37N3O5/c1-7-21-8-9-22(30-21)16(15(21)18(27)23-6)20(29)25(14(11-26)10-12(2)3)17(22)19(28)24-13(4)5/h12-17,26H,7-11H2,1-6H3,(H,23,27)(H,24,28)/t14-,15-,16+,17?,21+,22?/m1/s1. The van der Waals surface area contributed by atoms with Crippen LogP contribution in [0.15, 0.2) is 0 Å². The largest absolute Gasteiger partial charge is 0.394 e. The molecule has 0 saturated carbocycles. The molecule has 3 rings (SSSR count). The zero-order chi connectivity index (χ0) is 22.4. The Labute approximate surface area is 179 Å². The highest BCUT2D eigenvalue weighted by molar-refractivity contribution is 5.99. The van der Waals surface area contributed by atoms with Crippen LogP contribution in [0.2, 0.25) is 0 Å². The van der Waals surface area contributed by atoms with Crippen molar-refractivity contribution in [1.29, 1.82) is 0 Å². The Hall–Kier alpha value is -1.67. The van der Waals surface area contributed by atoms with Gasteiger partial charge in [-0.2, -0.15) is 0 Å². The second kappa shape index (κ2) is 8.11. The lowest BCUT2D eigenvalue weighted by Crippen LogP contribution is -2.59. The van der Waals surface area contributed by atoms with Crippen LogP contribution in [0.5, 0.6) is 0 Å². The monoisotopic (exact) mass is 423 g/mol. The second-order valence-corrected chi connectivity index (χ2v) is 9.82. The maximum Gasteiger partial charge on any atom is 0.246 e. The number of fused-ring (bicyclic) bond motifs is 1. The molecule has 6 atom stereocenters. The van der Waals surface area contributed by atoms with Crippen molar-refractivity contribution in [2.45, 2.75) is 89.6 Å². The topological polar surface area (TPSA) is 108 Å². The minimum Gasteiger partial charge on any atom is -0.394 e. The fraction of sp³-hybridized carbons (Fsp3) is 0.864. The van der Waals surface area contributed by atoms with E-state index in [1.807, 2.05) is 34.6 Å². The Bertz CT molecular complexity index is 711. The van der Waals surface area contributed by atoms with Gasteiger partial charge >= 0.3 is 0 Å². The molecule has 3 aliphatic rings. The van der Waals surface area contributed by atoms with Gasteiger partial charge in [0.25, 0.3) is 0 Å². The van der Waals surface area contributed by atoms with Gasteiger partial charge in [-0.15, -0.1) is 0 Å². The normalized spacial score (nSPS) is 35.8. The van der Waals surface area contributed by atoms with Gasteiger partial charge in [-0.3, -0.25) is 14.4 Å². The van der Waals surface area contributed by atoms with Gasteiger partial charge in [-0.05, 0) is 45.4 Å². The lowest BCUT2D eigenvalue weighted by molar-refractivity contribution is -0.151. The Balaban J connectivity index is 2.12. The van der Waals surface area contributed by atoms with E-state index in [1.165, 1.54) is 0 Å². The summed E-state index contributed by atoms with van der Waals surface area (Å²) in [5, 5.41) is 15.8. The van der Waals surface area contributed by atoms with Crippen LogP contribution in [0, 0.1) is 17.8 Å². The third-order valence-corrected chi connectivity index (χ3v) is 7.17. The van der Waals surface area contributed by atoms with Gasteiger partial charge < -0.3 is 25.4 Å². The van der Waals surface area contributed by atoms with Gasteiger partial charge in [0, 0.05) is 13.1 Å². The zero-order valence-electron chi connectivity index (χ0n) is 19.0. The molecule has 3 N–H and O–H groups in total. The summed E-state index contributed by atoms with van der Waals surface area (Å²) in [5.41, 5.74) is -1.76. The van der Waals surface area contributed by atoms with Gasteiger partial charge in [-0.25, -0.2) is 0 Å². The van der Waals surface area contributed by atoms with E-state index in [2.05, 4.69) is 10.6 Å². The molecule has 0 radical (unpaired) electrons. The van der Waals surface area contributed by atoms with Crippen molar-refractivity contribution in [2.24, 2.45) is 17.8 Å². The van der Waals surface area contributed by atoms with Gasteiger partial charge in [0.2, 0.25) is 17.7 Å². The predicted octanol–water partition coefficient (Wildman–Crippen LogP) is 0.819. The van der Waals surface area contributed by atoms with Gasteiger partial charge in [0.15, 0.2) is 0 Å². The van der Waals surface area contributed by atoms with Crippen LogP contribution in [-0.2, 0) is 19.1 Å². The predicted molar refractivity (Wildman–Crippen MR) is 111 cm³/mol. The number of amides is 3. The van der Waals surface area contributed by atoms with Crippen molar-refractivity contribution < 1.29 is 24.2 Å². The Morgan fingerprint density at radius 3 is 2.40 bits per heavy atom. The van der Waals surface area contributed by atoms with Crippen molar-refractivity contribution >= 4 is 17.7 Å². The van der Waals surface area contributed by atoms with E-state index >= 15 is 0 Å². The molecule has 2 bridgehead atoms.